The SMILES string of the molecule is Cc1c(Nc2nccc3cc(CN4CC[C@@H](O)C4)cnc23)cccc1-c1cccc(-c2nc3cc(CN4CCC(C(=O)O)C4)cc(C#N)c3o2)c1C.O=C(O)[C@H](O)[C@@H](O)C(=O)O. The van der Waals surface area contributed by atoms with Crippen molar-refractivity contribution in [3.63, 3.8) is 0 Å². The van der Waals surface area contributed by atoms with Crippen LogP contribution in [0.25, 0.3) is 44.6 Å². The molecule has 1 unspecified atom stereocenters. The minimum absolute atomic E-state index is 0.254. The lowest BCUT2D eigenvalue weighted by Crippen LogP contribution is -2.39. The number of rotatable bonds is 12. The van der Waals surface area contributed by atoms with Gasteiger partial charge in [0.1, 0.15) is 17.1 Å². The number of likely N-dealkylation sites (tertiary alicyclic amines) is 2. The van der Waals surface area contributed by atoms with Crippen molar-refractivity contribution in [1.82, 2.24) is 24.8 Å². The van der Waals surface area contributed by atoms with Gasteiger partial charge in [0.25, 0.3) is 0 Å². The van der Waals surface area contributed by atoms with Gasteiger partial charge in [0.15, 0.2) is 23.6 Å². The molecule has 0 spiro atoms. The molecule has 4 atom stereocenters. The van der Waals surface area contributed by atoms with E-state index in [1.165, 1.54) is 0 Å². The first-order chi connectivity index (χ1) is 29.7. The molecule has 6 aromatic rings. The van der Waals surface area contributed by atoms with Gasteiger partial charge in [-0.05, 0) is 103 Å². The molecule has 3 aromatic heterocycles. The quantitative estimate of drug-likeness (QED) is 0.0881. The Hall–Kier alpha value is -6.81. The van der Waals surface area contributed by atoms with Crippen molar-refractivity contribution in [2.45, 2.75) is 58.1 Å². The molecule has 17 nitrogen and oxygen atoms in total. The first-order valence-electron chi connectivity index (χ1n) is 19.9. The Bertz CT molecular complexity index is 2700. The average Bonchev–Trinajstić information content (AvgIpc) is 4.01. The van der Waals surface area contributed by atoms with Gasteiger partial charge >= 0.3 is 17.9 Å². The minimum Gasteiger partial charge on any atom is -0.481 e. The third-order valence-electron chi connectivity index (χ3n) is 11.3. The maximum absolute atomic E-state index is 11.5. The molecule has 62 heavy (non-hydrogen) atoms. The second-order valence-corrected chi connectivity index (χ2v) is 15.6. The summed E-state index contributed by atoms with van der Waals surface area (Å²) >= 11 is 0. The van der Waals surface area contributed by atoms with Crippen LogP contribution in [0, 0.1) is 31.1 Å². The molecular formula is C45H45N7O10. The van der Waals surface area contributed by atoms with Crippen LogP contribution in [0.15, 0.2) is 77.5 Å². The van der Waals surface area contributed by atoms with Crippen LogP contribution in [0.5, 0.6) is 0 Å². The number of aliphatic carboxylic acids is 3. The molecule has 2 aliphatic heterocycles. The van der Waals surface area contributed by atoms with Crippen molar-refractivity contribution in [2.24, 2.45) is 5.92 Å². The smallest absolute Gasteiger partial charge is 0.335 e. The monoisotopic (exact) mass is 843 g/mol. The molecule has 2 aliphatic rings. The largest absolute Gasteiger partial charge is 0.481 e. The number of carbonyl (C=O) groups is 3. The van der Waals surface area contributed by atoms with E-state index in [-0.39, 0.29) is 12.0 Å². The molecule has 8 rings (SSSR count). The van der Waals surface area contributed by atoms with Crippen LogP contribution in [0.4, 0.5) is 11.5 Å². The van der Waals surface area contributed by atoms with E-state index in [2.05, 4.69) is 58.2 Å². The highest BCUT2D eigenvalue weighted by Crippen LogP contribution is 2.38. The average molecular weight is 844 g/mol. The summed E-state index contributed by atoms with van der Waals surface area (Å²) in [6, 6.07) is 22.4. The number of β-amino-alcohol motifs (C(OH)–C–C–N with tert-alkyl or cyclic N) is 1. The zero-order valence-electron chi connectivity index (χ0n) is 33.9. The number of aromatic nitrogens is 3. The predicted octanol–water partition coefficient (Wildman–Crippen LogP) is 4.69. The fourth-order valence-electron chi connectivity index (χ4n) is 7.93. The number of oxazole rings is 1. The molecule has 320 valence electrons. The Labute approximate surface area is 355 Å². The summed E-state index contributed by atoms with van der Waals surface area (Å²) < 4.78 is 6.28. The molecule has 3 aromatic carbocycles. The van der Waals surface area contributed by atoms with E-state index >= 15 is 0 Å². The molecule has 17 heteroatoms. The van der Waals surface area contributed by atoms with Crippen molar-refractivity contribution in [2.75, 3.05) is 31.5 Å². The van der Waals surface area contributed by atoms with Gasteiger partial charge in [-0.15, -0.1) is 0 Å². The van der Waals surface area contributed by atoms with Crippen LogP contribution in [0.3, 0.4) is 0 Å². The Morgan fingerprint density at radius 1 is 0.855 bits per heavy atom. The third-order valence-corrected chi connectivity index (χ3v) is 11.3. The van der Waals surface area contributed by atoms with Crippen LogP contribution >= 0.6 is 0 Å². The Morgan fingerprint density at radius 2 is 1.52 bits per heavy atom. The first-order valence-corrected chi connectivity index (χ1v) is 19.9. The highest BCUT2D eigenvalue weighted by Gasteiger charge is 2.30. The fourth-order valence-corrected chi connectivity index (χ4v) is 7.93. The maximum Gasteiger partial charge on any atom is 0.335 e. The molecule has 0 saturated carbocycles. The number of carboxylic acid groups (broad SMARTS) is 3. The van der Waals surface area contributed by atoms with Gasteiger partial charge in [-0.1, -0.05) is 24.3 Å². The highest BCUT2D eigenvalue weighted by molar-refractivity contribution is 5.91. The van der Waals surface area contributed by atoms with Crippen molar-refractivity contribution >= 4 is 51.4 Å². The second-order valence-electron chi connectivity index (χ2n) is 15.6. The Balaban J connectivity index is 0.000000516. The predicted molar refractivity (Wildman–Crippen MR) is 226 cm³/mol. The van der Waals surface area contributed by atoms with E-state index in [1.54, 1.807) is 6.20 Å². The van der Waals surface area contributed by atoms with Gasteiger partial charge in [0.2, 0.25) is 5.89 Å². The Morgan fingerprint density at radius 3 is 2.18 bits per heavy atom. The normalized spacial score (nSPS) is 17.6. The summed E-state index contributed by atoms with van der Waals surface area (Å²) in [5.41, 5.74) is 10.1. The summed E-state index contributed by atoms with van der Waals surface area (Å²) in [7, 11) is 0. The molecule has 5 heterocycles. The second kappa shape index (κ2) is 18.4. The fraction of sp³-hybridized carbons (Fsp3) is 0.311. The lowest BCUT2D eigenvalue weighted by Gasteiger charge is -2.17. The number of carboxylic acids is 3. The zero-order chi connectivity index (χ0) is 44.2. The highest BCUT2D eigenvalue weighted by atomic mass is 16.4. The summed E-state index contributed by atoms with van der Waals surface area (Å²) in [5.74, 6) is -3.55. The van der Waals surface area contributed by atoms with E-state index in [0.29, 0.717) is 61.0 Å². The van der Waals surface area contributed by atoms with Crippen LogP contribution in [0.1, 0.15) is 40.7 Å². The van der Waals surface area contributed by atoms with E-state index in [9.17, 15) is 29.9 Å². The summed E-state index contributed by atoms with van der Waals surface area (Å²) in [6.07, 6.45) is 0.334. The van der Waals surface area contributed by atoms with Gasteiger partial charge in [-0.3, -0.25) is 19.6 Å². The van der Waals surface area contributed by atoms with Crippen molar-refractivity contribution in [3.05, 3.63) is 101 Å². The molecule has 2 saturated heterocycles. The molecule has 2 fully saturated rings. The first kappa shape index (κ1) is 43.3. The van der Waals surface area contributed by atoms with Crippen LogP contribution < -0.4 is 5.32 Å². The number of aliphatic hydroxyl groups is 3. The van der Waals surface area contributed by atoms with Crippen molar-refractivity contribution < 1.29 is 49.4 Å². The molecule has 7 N–H and O–H groups in total. The summed E-state index contributed by atoms with van der Waals surface area (Å²) in [5, 5.41) is 66.4. The molecule has 0 bridgehead atoms. The van der Waals surface area contributed by atoms with Gasteiger partial charge in [0.05, 0.1) is 17.6 Å². The maximum atomic E-state index is 11.5. The van der Waals surface area contributed by atoms with Gasteiger partial charge in [-0.25, -0.2) is 19.6 Å². The van der Waals surface area contributed by atoms with Gasteiger partial charge in [0, 0.05) is 61.8 Å². The number of aliphatic hydroxyl groups excluding tert-OH is 3. The molecule has 0 amide bonds. The van der Waals surface area contributed by atoms with E-state index in [0.717, 1.165) is 75.0 Å². The topological polar surface area (TPSA) is 267 Å². The number of hydrogen-bond donors (Lipinski definition) is 7. The van der Waals surface area contributed by atoms with E-state index < -0.39 is 30.1 Å². The lowest BCUT2D eigenvalue weighted by atomic mass is 9.93. The standard InChI is InChI=1S/C41H39N7O4.C4H6O6/c1-24-32(5-3-7-34(24)40-46-36-17-26(15-30(18-42)38(36)52-40)20-47-13-10-29(22-47)41(50)51)33-6-4-8-35(25(33)2)45-39-37-28(9-12-43-39)16-27(19-44-37)21-48-14-11-31(49)23-48;5-1(3(7)8)2(6)4(9)10/h3-9,12,15-17,19,29,31,49H,10-11,13-14,20-23H2,1-2H3,(H,43,45)(H,50,51);1-2,5-6H,(H,7,8)(H,9,10)/t29?,31-;1-,2-/m11/s1. The number of nitriles is 1. The molecule has 0 aliphatic carbocycles. The number of nitrogens with zero attached hydrogens (tertiary/aromatic N) is 6. The molecule has 0 radical (unpaired) electrons. The van der Waals surface area contributed by atoms with Crippen LogP contribution in [-0.4, -0.2) is 118 Å². The molecular weight excluding hydrogens is 799 g/mol. The third kappa shape index (κ3) is 9.39. The number of anilines is 2. The lowest BCUT2D eigenvalue weighted by molar-refractivity contribution is -0.165. The van der Waals surface area contributed by atoms with E-state index in [4.69, 9.17) is 34.8 Å². The zero-order valence-corrected chi connectivity index (χ0v) is 33.9. The number of pyridine rings is 2. The number of benzene rings is 3. The van der Waals surface area contributed by atoms with Gasteiger partial charge < -0.3 is 40.4 Å². The number of hydrogen-bond acceptors (Lipinski definition) is 14. The number of nitrogens with one attached hydrogen (secondary N) is 1. The summed E-state index contributed by atoms with van der Waals surface area (Å²) in [4.78, 5) is 49.7. The van der Waals surface area contributed by atoms with E-state index in [1.807, 2.05) is 48.7 Å². The van der Waals surface area contributed by atoms with Gasteiger partial charge in [-0.2, -0.15) is 5.26 Å². The van der Waals surface area contributed by atoms with Crippen LogP contribution in [-0.2, 0) is 27.5 Å². The number of fused-ring (bicyclic) bond motifs is 2. The van der Waals surface area contributed by atoms with Crippen molar-refractivity contribution in [1.29, 1.82) is 5.26 Å². The summed E-state index contributed by atoms with van der Waals surface area (Å²) in [6.45, 7) is 8.21. The van der Waals surface area contributed by atoms with Crippen LogP contribution in [0.2, 0.25) is 0 Å². The minimum atomic E-state index is -2.27. The Kier molecular flexibility index (Phi) is 12.9. The van der Waals surface area contributed by atoms with Crippen molar-refractivity contribution in [3.8, 4) is 28.7 Å².